The molecular weight excluding hydrogens is 409 g/mol. The third-order valence-electron chi connectivity index (χ3n) is 3.88. The lowest BCUT2D eigenvalue weighted by atomic mass is 10.1. The van der Waals surface area contributed by atoms with Gasteiger partial charge in [-0.25, -0.2) is 0 Å². The van der Waals surface area contributed by atoms with Gasteiger partial charge in [-0.1, -0.05) is 24.3 Å². The average molecular weight is 430 g/mol. The van der Waals surface area contributed by atoms with Gasteiger partial charge in [-0.2, -0.15) is 13.2 Å². The molecule has 4 N–H and O–H groups in total. The Bertz CT molecular complexity index is 999. The number of alkyl halides is 3. The van der Waals surface area contributed by atoms with Crippen molar-refractivity contribution in [2.75, 3.05) is 17.2 Å². The summed E-state index contributed by atoms with van der Waals surface area (Å²) in [5.41, 5.74) is -0.541. The normalized spacial score (nSPS) is 12.1. The summed E-state index contributed by atoms with van der Waals surface area (Å²) >= 11 is 0. The highest BCUT2D eigenvalue weighted by Crippen LogP contribution is 2.30. The third kappa shape index (κ3) is 6.84. The molecule has 0 heterocycles. The lowest BCUT2D eigenvalue weighted by Gasteiger charge is -2.14. The van der Waals surface area contributed by atoms with E-state index in [1.807, 2.05) is 0 Å². The minimum absolute atomic E-state index is 0.0656. The number of rotatable bonds is 10. The molecule has 31 heavy (non-hydrogen) atoms. The van der Waals surface area contributed by atoms with Crippen molar-refractivity contribution in [3.05, 3.63) is 83.9 Å². The van der Waals surface area contributed by atoms with Crippen molar-refractivity contribution in [2.45, 2.75) is 13.1 Å². The molecule has 0 saturated carbocycles. The van der Waals surface area contributed by atoms with Gasteiger partial charge in [-0.15, -0.1) is 0 Å². The van der Waals surface area contributed by atoms with Gasteiger partial charge in [0.2, 0.25) is 5.78 Å². The molecule has 0 aromatic heterocycles. The second kappa shape index (κ2) is 10.8. The van der Waals surface area contributed by atoms with Crippen molar-refractivity contribution in [2.24, 2.45) is 0 Å². The number of hydrogen-bond acceptors (Lipinski definition) is 6. The van der Waals surface area contributed by atoms with Gasteiger partial charge in [-0.05, 0) is 43.3 Å². The lowest BCUT2D eigenvalue weighted by molar-refractivity contribution is -0.137. The van der Waals surface area contributed by atoms with Crippen LogP contribution in [-0.4, -0.2) is 24.3 Å². The van der Waals surface area contributed by atoms with Crippen molar-refractivity contribution in [1.82, 2.24) is 0 Å². The zero-order valence-corrected chi connectivity index (χ0v) is 16.6. The van der Waals surface area contributed by atoms with E-state index in [9.17, 15) is 18.0 Å². The smallest absolute Gasteiger partial charge is 0.416 e. The molecule has 162 valence electrons. The van der Waals surface area contributed by atoms with Gasteiger partial charge in [0.05, 0.1) is 17.9 Å². The number of anilines is 2. The van der Waals surface area contributed by atoms with Crippen LogP contribution in [0.5, 0.6) is 0 Å². The number of allylic oxidation sites excluding steroid dienone is 3. The molecule has 2 rings (SSSR count). The summed E-state index contributed by atoms with van der Waals surface area (Å²) in [7, 11) is 0. The first-order chi connectivity index (χ1) is 14.8. The number of Topliss-reactive ketones (excluding diaryl/α,β-unsaturated/α-hetero) is 1. The van der Waals surface area contributed by atoms with Crippen LogP contribution in [0, 0.1) is 10.8 Å². The summed E-state index contributed by atoms with van der Waals surface area (Å²) in [5.74, 6) is -1.06. The predicted octanol–water partition coefficient (Wildman–Crippen LogP) is 5.23. The Hall–Kier alpha value is -3.88. The summed E-state index contributed by atoms with van der Waals surface area (Å²) < 4.78 is 43.9. The van der Waals surface area contributed by atoms with Crippen LogP contribution in [0.3, 0.4) is 0 Å². The molecule has 0 aliphatic carbocycles. The Balaban J connectivity index is 2.24. The van der Waals surface area contributed by atoms with E-state index in [-0.39, 0.29) is 23.8 Å². The fourth-order valence-electron chi connectivity index (χ4n) is 2.46. The number of halogens is 3. The van der Waals surface area contributed by atoms with Gasteiger partial charge in [0, 0.05) is 23.8 Å². The number of hydrogen-bond donors (Lipinski definition) is 4. The van der Waals surface area contributed by atoms with Gasteiger partial charge >= 0.3 is 6.18 Å². The molecule has 0 saturated heterocycles. The van der Waals surface area contributed by atoms with Crippen LogP contribution in [0.25, 0.3) is 0 Å². The van der Waals surface area contributed by atoms with E-state index in [1.54, 1.807) is 37.3 Å². The van der Waals surface area contributed by atoms with Crippen LogP contribution in [0.15, 0.2) is 78.3 Å². The maximum absolute atomic E-state index is 12.9. The van der Waals surface area contributed by atoms with E-state index in [2.05, 4.69) is 10.6 Å². The van der Waals surface area contributed by atoms with E-state index in [1.165, 1.54) is 18.2 Å². The molecule has 0 amide bonds. The van der Waals surface area contributed by atoms with Crippen LogP contribution in [-0.2, 0) is 15.7 Å². The molecule has 2 aromatic rings. The first-order valence-electron chi connectivity index (χ1n) is 9.19. The van der Waals surface area contributed by atoms with Crippen molar-refractivity contribution < 1.29 is 22.7 Å². The van der Waals surface area contributed by atoms with Crippen LogP contribution in [0.2, 0.25) is 0 Å². The quantitative estimate of drug-likeness (QED) is 0.236. The van der Waals surface area contributed by atoms with Crippen LogP contribution >= 0.6 is 0 Å². The van der Waals surface area contributed by atoms with Crippen molar-refractivity contribution in [3.63, 3.8) is 0 Å². The third-order valence-corrected chi connectivity index (χ3v) is 3.88. The Labute approximate surface area is 177 Å². The molecular formula is C22H21F3N4O2. The second-order valence-electron chi connectivity index (χ2n) is 6.11. The Morgan fingerprint density at radius 1 is 1.10 bits per heavy atom. The van der Waals surface area contributed by atoms with Gasteiger partial charge in [0.15, 0.2) is 5.76 Å². The largest absolute Gasteiger partial charge is 0.488 e. The summed E-state index contributed by atoms with van der Waals surface area (Å²) in [6.45, 7) is 1.73. The molecule has 9 heteroatoms. The fraction of sp³-hybridized carbons (Fsp3) is 0.136. The monoisotopic (exact) mass is 430 g/mol. The fourth-order valence-corrected chi connectivity index (χ4v) is 2.46. The molecule has 0 spiro atoms. The first kappa shape index (κ1) is 23.4. The molecule has 0 aliphatic heterocycles. The molecule has 2 aromatic carbocycles. The molecule has 0 atom stereocenters. The SMILES string of the molecule is CCO/C(=C/Nc1cccc(C(F)(F)F)c1)C(=O)C(=N)/C(=C/C=N)Nc1ccccc1. The Morgan fingerprint density at radius 3 is 2.39 bits per heavy atom. The highest BCUT2D eigenvalue weighted by Gasteiger charge is 2.30. The minimum atomic E-state index is -4.50. The van der Waals surface area contributed by atoms with Gasteiger partial charge < -0.3 is 20.8 Å². The van der Waals surface area contributed by atoms with E-state index in [0.717, 1.165) is 24.5 Å². The number of para-hydroxylation sites is 1. The van der Waals surface area contributed by atoms with Crippen LogP contribution in [0.4, 0.5) is 24.5 Å². The summed E-state index contributed by atoms with van der Waals surface area (Å²) in [6, 6.07) is 13.3. The second-order valence-corrected chi connectivity index (χ2v) is 6.11. The van der Waals surface area contributed by atoms with E-state index in [0.29, 0.717) is 5.69 Å². The van der Waals surface area contributed by atoms with Crippen LogP contribution in [0.1, 0.15) is 12.5 Å². The number of carbonyl (C=O) groups excluding carboxylic acids is 1. The van der Waals surface area contributed by atoms with Crippen LogP contribution < -0.4 is 10.6 Å². The van der Waals surface area contributed by atoms with Gasteiger partial charge in [0.1, 0.15) is 5.71 Å². The zero-order chi connectivity index (χ0) is 22.9. The maximum Gasteiger partial charge on any atom is 0.416 e. The molecule has 0 unspecified atom stereocenters. The maximum atomic E-state index is 12.9. The number of nitrogens with one attached hydrogen (secondary N) is 4. The van der Waals surface area contributed by atoms with Crippen molar-refractivity contribution in [1.29, 1.82) is 10.8 Å². The average Bonchev–Trinajstić information content (AvgIpc) is 2.75. The van der Waals surface area contributed by atoms with E-state index in [4.69, 9.17) is 15.6 Å². The van der Waals surface area contributed by atoms with Crippen molar-refractivity contribution >= 4 is 29.1 Å². The first-order valence-corrected chi connectivity index (χ1v) is 9.19. The Morgan fingerprint density at radius 2 is 1.77 bits per heavy atom. The van der Waals surface area contributed by atoms with Gasteiger partial charge in [0.25, 0.3) is 0 Å². The zero-order valence-electron chi connectivity index (χ0n) is 16.6. The minimum Gasteiger partial charge on any atom is -0.488 e. The van der Waals surface area contributed by atoms with Gasteiger partial charge in [-0.3, -0.25) is 10.2 Å². The standard InChI is InChI=1S/C22H21F3N4O2/c1-2-31-19(14-28-17-10-6-7-15(13-17)22(23,24)25)21(30)20(27)18(11-12-26)29-16-8-4-3-5-9-16/h3-14,26-29H,2H2,1H3/b18-11-,19-14+,26-12?,27-20?. The summed E-state index contributed by atoms with van der Waals surface area (Å²) in [4.78, 5) is 12.8. The molecule has 0 aliphatic rings. The molecule has 6 nitrogen and oxygen atoms in total. The molecule has 0 radical (unpaired) electrons. The number of ether oxygens (including phenoxy) is 1. The lowest BCUT2D eigenvalue weighted by Crippen LogP contribution is -2.24. The van der Waals surface area contributed by atoms with E-state index < -0.39 is 23.2 Å². The molecule has 0 bridgehead atoms. The molecule has 0 fully saturated rings. The summed E-state index contributed by atoms with van der Waals surface area (Å²) in [5, 5.41) is 21.0. The summed E-state index contributed by atoms with van der Waals surface area (Å²) in [6.07, 6.45) is -1.22. The van der Waals surface area contributed by atoms with Crippen molar-refractivity contribution in [3.8, 4) is 0 Å². The highest BCUT2D eigenvalue weighted by atomic mass is 19.4. The topological polar surface area (TPSA) is 98.1 Å². The highest BCUT2D eigenvalue weighted by molar-refractivity contribution is 6.50. The number of carbonyl (C=O) groups is 1. The number of benzene rings is 2. The Kier molecular flexibility index (Phi) is 8.13. The van der Waals surface area contributed by atoms with E-state index >= 15 is 0 Å². The predicted molar refractivity (Wildman–Crippen MR) is 114 cm³/mol. The number of ketones is 1.